The number of aliphatic imine (C=N–C) groups is 2. The number of hydrogen-bond acceptors (Lipinski definition) is 5. The SMILES string of the molecule is CCCOc1ccccc1C1=NC(=O)[C@H](N)C(N)=N1. The van der Waals surface area contributed by atoms with Crippen LogP contribution in [0.3, 0.4) is 0 Å². The zero-order valence-corrected chi connectivity index (χ0v) is 10.7. The van der Waals surface area contributed by atoms with Crippen molar-refractivity contribution in [3.05, 3.63) is 29.8 Å². The largest absolute Gasteiger partial charge is 0.493 e. The number of carbonyl (C=O) groups excluding carboxylic acids is 1. The Labute approximate surface area is 111 Å². The van der Waals surface area contributed by atoms with Gasteiger partial charge < -0.3 is 16.2 Å². The normalized spacial score (nSPS) is 18.8. The van der Waals surface area contributed by atoms with Crippen molar-refractivity contribution in [1.82, 2.24) is 0 Å². The molecule has 1 atom stereocenters. The molecule has 4 N–H and O–H groups in total. The van der Waals surface area contributed by atoms with Crippen LogP contribution < -0.4 is 16.2 Å². The maximum Gasteiger partial charge on any atom is 0.272 e. The van der Waals surface area contributed by atoms with Crippen molar-refractivity contribution < 1.29 is 9.53 Å². The van der Waals surface area contributed by atoms with Crippen LogP contribution in [0.25, 0.3) is 0 Å². The van der Waals surface area contributed by atoms with Crippen molar-refractivity contribution in [2.24, 2.45) is 21.5 Å². The molecule has 0 aromatic heterocycles. The molecule has 0 saturated carbocycles. The summed E-state index contributed by atoms with van der Waals surface area (Å²) < 4.78 is 5.60. The third-order valence-electron chi connectivity index (χ3n) is 2.63. The topological polar surface area (TPSA) is 103 Å². The van der Waals surface area contributed by atoms with E-state index in [0.717, 1.165) is 6.42 Å². The van der Waals surface area contributed by atoms with E-state index in [1.165, 1.54) is 0 Å². The molecule has 6 nitrogen and oxygen atoms in total. The Morgan fingerprint density at radius 3 is 2.74 bits per heavy atom. The van der Waals surface area contributed by atoms with E-state index in [4.69, 9.17) is 16.2 Å². The number of rotatable bonds is 4. The smallest absolute Gasteiger partial charge is 0.272 e. The summed E-state index contributed by atoms with van der Waals surface area (Å²) in [6, 6.07) is 6.30. The van der Waals surface area contributed by atoms with Gasteiger partial charge in [0.15, 0.2) is 5.84 Å². The zero-order chi connectivity index (χ0) is 13.8. The predicted octanol–water partition coefficient (Wildman–Crippen LogP) is 0.447. The molecule has 0 bridgehead atoms. The van der Waals surface area contributed by atoms with E-state index in [1.807, 2.05) is 19.1 Å². The molecule has 0 radical (unpaired) electrons. The lowest BCUT2D eigenvalue weighted by atomic mass is 10.1. The third-order valence-corrected chi connectivity index (χ3v) is 2.63. The second-order valence-electron chi connectivity index (χ2n) is 4.13. The van der Waals surface area contributed by atoms with Crippen molar-refractivity contribution in [3.8, 4) is 5.75 Å². The van der Waals surface area contributed by atoms with E-state index in [9.17, 15) is 4.79 Å². The maximum atomic E-state index is 11.6. The van der Waals surface area contributed by atoms with Gasteiger partial charge in [0.25, 0.3) is 5.91 Å². The summed E-state index contributed by atoms with van der Waals surface area (Å²) in [6.07, 6.45) is 0.885. The monoisotopic (exact) mass is 260 g/mol. The standard InChI is InChI=1S/C13H16N4O2/c1-2-7-19-9-6-4-3-5-8(9)12-16-11(15)10(14)13(18)17-12/h3-6,10H,2,7,14H2,1H3,(H2,15,16,17,18)/t10-/m1/s1. The van der Waals surface area contributed by atoms with Gasteiger partial charge in [-0.15, -0.1) is 0 Å². The minimum atomic E-state index is -0.951. The van der Waals surface area contributed by atoms with Crippen LogP contribution in [-0.2, 0) is 4.79 Å². The third kappa shape index (κ3) is 2.79. The molecule has 1 aliphatic rings. The summed E-state index contributed by atoms with van der Waals surface area (Å²) in [4.78, 5) is 19.5. The second-order valence-corrected chi connectivity index (χ2v) is 4.13. The van der Waals surface area contributed by atoms with Crippen LogP contribution in [0.4, 0.5) is 0 Å². The Hall–Kier alpha value is -2.21. The molecule has 6 heteroatoms. The highest BCUT2D eigenvalue weighted by atomic mass is 16.5. The summed E-state index contributed by atoms with van der Waals surface area (Å²) >= 11 is 0. The average Bonchev–Trinajstić information content (AvgIpc) is 2.42. The Balaban J connectivity index is 2.37. The molecule has 0 saturated heterocycles. The molecular formula is C13H16N4O2. The highest BCUT2D eigenvalue weighted by molar-refractivity contribution is 6.21. The van der Waals surface area contributed by atoms with Gasteiger partial charge in [-0.25, -0.2) is 4.99 Å². The number of ether oxygens (including phenoxy) is 1. The van der Waals surface area contributed by atoms with Crippen molar-refractivity contribution in [3.63, 3.8) is 0 Å². The Morgan fingerprint density at radius 2 is 2.05 bits per heavy atom. The van der Waals surface area contributed by atoms with Crippen molar-refractivity contribution in [1.29, 1.82) is 0 Å². The minimum Gasteiger partial charge on any atom is -0.493 e. The van der Waals surface area contributed by atoms with Gasteiger partial charge in [0.1, 0.15) is 17.6 Å². The van der Waals surface area contributed by atoms with E-state index >= 15 is 0 Å². The van der Waals surface area contributed by atoms with E-state index in [0.29, 0.717) is 17.9 Å². The number of carbonyl (C=O) groups is 1. The van der Waals surface area contributed by atoms with E-state index in [2.05, 4.69) is 9.98 Å². The fraction of sp³-hybridized carbons (Fsp3) is 0.308. The first-order chi connectivity index (χ1) is 9.13. The summed E-state index contributed by atoms with van der Waals surface area (Å²) in [6.45, 7) is 2.59. The molecule has 1 aromatic carbocycles. The molecular weight excluding hydrogens is 244 g/mol. The molecule has 2 rings (SSSR count). The quantitative estimate of drug-likeness (QED) is 0.820. The van der Waals surface area contributed by atoms with Crippen LogP contribution in [0.2, 0.25) is 0 Å². The Morgan fingerprint density at radius 1 is 1.32 bits per heavy atom. The van der Waals surface area contributed by atoms with Crippen LogP contribution >= 0.6 is 0 Å². The van der Waals surface area contributed by atoms with E-state index in [1.54, 1.807) is 12.1 Å². The summed E-state index contributed by atoms with van der Waals surface area (Å²) in [5.74, 6) is 0.451. The van der Waals surface area contributed by atoms with Crippen LogP contribution in [0.5, 0.6) is 5.75 Å². The molecule has 0 spiro atoms. The molecule has 0 aliphatic carbocycles. The maximum absolute atomic E-state index is 11.6. The summed E-state index contributed by atoms with van der Waals surface area (Å²) in [7, 11) is 0. The van der Waals surface area contributed by atoms with Gasteiger partial charge in [-0.2, -0.15) is 4.99 Å². The number of amides is 1. The van der Waals surface area contributed by atoms with Gasteiger partial charge in [0.05, 0.1) is 12.2 Å². The minimum absolute atomic E-state index is 0.0697. The predicted molar refractivity (Wildman–Crippen MR) is 73.4 cm³/mol. The Bertz CT molecular complexity index is 551. The number of benzene rings is 1. The lowest BCUT2D eigenvalue weighted by Crippen LogP contribution is -2.45. The molecule has 1 aromatic rings. The first kappa shape index (κ1) is 13.2. The highest BCUT2D eigenvalue weighted by Crippen LogP contribution is 2.21. The van der Waals surface area contributed by atoms with Crippen molar-refractivity contribution >= 4 is 17.6 Å². The molecule has 1 heterocycles. The fourth-order valence-electron chi connectivity index (χ4n) is 1.63. The fourth-order valence-corrected chi connectivity index (χ4v) is 1.63. The summed E-state index contributed by atoms with van der Waals surface area (Å²) in [5.41, 5.74) is 11.8. The first-order valence-corrected chi connectivity index (χ1v) is 6.08. The van der Waals surface area contributed by atoms with Crippen LogP contribution in [0.15, 0.2) is 34.3 Å². The lowest BCUT2D eigenvalue weighted by molar-refractivity contribution is -0.117. The van der Waals surface area contributed by atoms with Crippen molar-refractivity contribution in [2.45, 2.75) is 19.4 Å². The molecule has 0 unspecified atom stereocenters. The molecule has 100 valence electrons. The lowest BCUT2D eigenvalue weighted by Gasteiger charge is -2.16. The van der Waals surface area contributed by atoms with Gasteiger partial charge in [0, 0.05) is 0 Å². The first-order valence-electron chi connectivity index (χ1n) is 6.08. The van der Waals surface area contributed by atoms with Gasteiger partial charge in [-0.3, -0.25) is 4.79 Å². The van der Waals surface area contributed by atoms with Crippen LogP contribution in [0.1, 0.15) is 18.9 Å². The van der Waals surface area contributed by atoms with Gasteiger partial charge >= 0.3 is 0 Å². The zero-order valence-electron chi connectivity index (χ0n) is 10.7. The summed E-state index contributed by atoms with van der Waals surface area (Å²) in [5, 5.41) is 0. The molecule has 0 fully saturated rings. The number of nitrogens with two attached hydrogens (primary N) is 2. The number of hydrogen-bond donors (Lipinski definition) is 2. The van der Waals surface area contributed by atoms with E-state index < -0.39 is 11.9 Å². The second kappa shape index (κ2) is 5.62. The van der Waals surface area contributed by atoms with Crippen LogP contribution in [-0.4, -0.2) is 30.2 Å². The van der Waals surface area contributed by atoms with Gasteiger partial charge in [-0.1, -0.05) is 19.1 Å². The van der Waals surface area contributed by atoms with Crippen LogP contribution in [0, 0.1) is 0 Å². The Kier molecular flexibility index (Phi) is 3.91. The number of para-hydroxylation sites is 1. The highest BCUT2D eigenvalue weighted by Gasteiger charge is 2.24. The van der Waals surface area contributed by atoms with Crippen molar-refractivity contribution in [2.75, 3.05) is 6.61 Å². The van der Waals surface area contributed by atoms with Gasteiger partial charge in [0.2, 0.25) is 0 Å². The molecule has 1 aliphatic heterocycles. The molecule has 1 amide bonds. The average molecular weight is 260 g/mol. The van der Waals surface area contributed by atoms with E-state index in [-0.39, 0.29) is 11.7 Å². The molecule has 19 heavy (non-hydrogen) atoms. The number of amidine groups is 2. The number of nitrogens with zero attached hydrogens (tertiary/aromatic N) is 2. The van der Waals surface area contributed by atoms with Gasteiger partial charge in [-0.05, 0) is 18.6 Å².